The van der Waals surface area contributed by atoms with Gasteiger partial charge in [0.2, 0.25) is 5.91 Å². The molecule has 0 saturated carbocycles. The predicted molar refractivity (Wildman–Crippen MR) is 149 cm³/mol. The van der Waals surface area contributed by atoms with E-state index in [0.29, 0.717) is 39.5 Å². The largest absolute Gasteiger partial charge is 0.491 e. The molecule has 0 atom stereocenters. The molecule has 7 nitrogen and oxygen atoms in total. The number of halogens is 1. The first-order chi connectivity index (χ1) is 19.1. The average molecular weight is 534 g/mol. The predicted octanol–water partition coefficient (Wildman–Crippen LogP) is 3.78. The number of nitrogens with one attached hydrogen (secondary N) is 1. The Morgan fingerprint density at radius 3 is 2.46 bits per heavy atom. The molecule has 5 rings (SSSR count). The lowest BCUT2D eigenvalue weighted by Gasteiger charge is -2.29. The second-order valence-corrected chi connectivity index (χ2v) is 9.96. The number of ether oxygens (including phenoxy) is 3. The maximum atomic E-state index is 13.2. The van der Waals surface area contributed by atoms with Crippen molar-refractivity contribution in [1.29, 1.82) is 0 Å². The van der Waals surface area contributed by atoms with Crippen molar-refractivity contribution in [3.8, 4) is 5.75 Å². The molecule has 2 aliphatic heterocycles. The molecule has 0 radical (unpaired) electrons. The number of carbonyl (C=O) groups is 1. The summed E-state index contributed by atoms with van der Waals surface area (Å²) in [7, 11) is 0. The molecular formula is C31H36FN3O4. The molecule has 39 heavy (non-hydrogen) atoms. The van der Waals surface area contributed by atoms with Gasteiger partial charge >= 0.3 is 0 Å². The highest BCUT2D eigenvalue weighted by Gasteiger charge is 2.16. The second kappa shape index (κ2) is 13.6. The van der Waals surface area contributed by atoms with Gasteiger partial charge in [0.1, 0.15) is 18.2 Å². The van der Waals surface area contributed by atoms with Gasteiger partial charge in [0, 0.05) is 50.4 Å². The summed E-state index contributed by atoms with van der Waals surface area (Å²) in [5.41, 5.74) is 5.53. The summed E-state index contributed by atoms with van der Waals surface area (Å²) in [4.78, 5) is 17.2. The number of hydrogen-bond donors (Lipinski definition) is 1. The fourth-order valence-electron chi connectivity index (χ4n) is 4.96. The molecule has 0 aliphatic carbocycles. The Kier molecular flexibility index (Phi) is 9.43. The van der Waals surface area contributed by atoms with Crippen molar-refractivity contribution in [2.75, 3.05) is 64.1 Å². The number of nitrogens with zero attached hydrogens (tertiary/aromatic N) is 2. The number of amides is 1. The summed E-state index contributed by atoms with van der Waals surface area (Å²) in [5.74, 6) is 0.520. The summed E-state index contributed by atoms with van der Waals surface area (Å²) in [5, 5.41) is 2.94. The van der Waals surface area contributed by atoms with Crippen molar-refractivity contribution >= 4 is 11.6 Å². The molecule has 8 heteroatoms. The lowest BCUT2D eigenvalue weighted by atomic mass is 10.0. The molecule has 3 aromatic carbocycles. The monoisotopic (exact) mass is 533 g/mol. The van der Waals surface area contributed by atoms with Gasteiger partial charge in [-0.2, -0.15) is 0 Å². The number of anilines is 1. The van der Waals surface area contributed by atoms with Crippen LogP contribution in [0.5, 0.6) is 5.75 Å². The molecular weight excluding hydrogens is 497 g/mol. The average Bonchev–Trinajstić information content (AvgIpc) is 2.95. The van der Waals surface area contributed by atoms with Crippen LogP contribution in [0.4, 0.5) is 10.1 Å². The van der Waals surface area contributed by atoms with Gasteiger partial charge in [-0.3, -0.25) is 9.69 Å². The maximum Gasteiger partial charge on any atom is 0.234 e. The molecule has 0 spiro atoms. The molecule has 0 unspecified atom stereocenters. The zero-order valence-electron chi connectivity index (χ0n) is 22.2. The van der Waals surface area contributed by atoms with E-state index in [1.165, 1.54) is 23.4 Å². The summed E-state index contributed by atoms with van der Waals surface area (Å²) in [6.07, 6.45) is 0.750. The van der Waals surface area contributed by atoms with Crippen molar-refractivity contribution in [2.45, 2.75) is 19.5 Å². The number of morpholine rings is 1. The van der Waals surface area contributed by atoms with Crippen LogP contribution in [0.3, 0.4) is 0 Å². The van der Waals surface area contributed by atoms with Crippen LogP contribution in [0.15, 0.2) is 66.7 Å². The number of hydrogen-bond acceptors (Lipinski definition) is 6. The van der Waals surface area contributed by atoms with Gasteiger partial charge in [-0.25, -0.2) is 4.39 Å². The first-order valence-corrected chi connectivity index (χ1v) is 13.6. The highest BCUT2D eigenvalue weighted by Crippen LogP contribution is 2.28. The lowest BCUT2D eigenvalue weighted by molar-refractivity contribution is -0.122. The van der Waals surface area contributed by atoms with Crippen LogP contribution in [-0.4, -0.2) is 70.0 Å². The zero-order chi connectivity index (χ0) is 26.9. The first kappa shape index (κ1) is 27.1. The standard InChI is InChI=1S/C31H36FN3O4/c32-28-6-4-24(5-7-28)21-33-31(36)23-34-10-13-38-16-17-39-30-9-8-29(35-11-14-37-15-12-35)20-27(30)19-25-2-1-3-26(18-25)22-34/h1-9,18,20H,10-17,19,21-23H2,(H,33,36). The minimum absolute atomic E-state index is 0.0792. The van der Waals surface area contributed by atoms with Crippen LogP contribution in [0.2, 0.25) is 0 Å². The summed E-state index contributed by atoms with van der Waals surface area (Å²) >= 11 is 0. The smallest absolute Gasteiger partial charge is 0.234 e. The number of carbonyl (C=O) groups excluding carboxylic acids is 1. The highest BCUT2D eigenvalue weighted by atomic mass is 19.1. The minimum Gasteiger partial charge on any atom is -0.491 e. The SMILES string of the molecule is O=C(CN1CCOCCOc2ccc(N3CCOCC3)cc2Cc2cccc(c2)C1)NCc1ccc(F)cc1. The van der Waals surface area contributed by atoms with Gasteiger partial charge < -0.3 is 24.4 Å². The molecule has 0 aromatic heterocycles. The normalized spacial score (nSPS) is 17.0. The van der Waals surface area contributed by atoms with Crippen LogP contribution in [-0.2, 0) is 33.8 Å². The fraction of sp³-hybridized carbons (Fsp3) is 0.387. The second-order valence-electron chi connectivity index (χ2n) is 9.96. The molecule has 1 amide bonds. The van der Waals surface area contributed by atoms with Gasteiger partial charge in [0.15, 0.2) is 0 Å². The van der Waals surface area contributed by atoms with E-state index < -0.39 is 0 Å². The quantitative estimate of drug-likeness (QED) is 0.539. The van der Waals surface area contributed by atoms with Gasteiger partial charge in [-0.05, 0) is 47.0 Å². The van der Waals surface area contributed by atoms with Crippen LogP contribution in [0.25, 0.3) is 0 Å². The summed E-state index contributed by atoms with van der Waals surface area (Å²) < 4.78 is 30.7. The molecule has 2 aliphatic rings. The van der Waals surface area contributed by atoms with Gasteiger partial charge in [0.25, 0.3) is 0 Å². The van der Waals surface area contributed by atoms with E-state index in [0.717, 1.165) is 55.2 Å². The Hall–Kier alpha value is -3.46. The van der Waals surface area contributed by atoms with E-state index in [2.05, 4.69) is 57.6 Å². The van der Waals surface area contributed by atoms with E-state index >= 15 is 0 Å². The third-order valence-electron chi connectivity index (χ3n) is 7.02. The van der Waals surface area contributed by atoms with E-state index in [1.807, 2.05) is 0 Å². The molecule has 3 aromatic rings. The fourth-order valence-corrected chi connectivity index (χ4v) is 4.96. The van der Waals surface area contributed by atoms with Crippen LogP contribution in [0, 0.1) is 5.82 Å². The Labute approximate surface area is 229 Å². The molecule has 1 fully saturated rings. The van der Waals surface area contributed by atoms with E-state index in [4.69, 9.17) is 14.2 Å². The highest BCUT2D eigenvalue weighted by molar-refractivity contribution is 5.78. The van der Waals surface area contributed by atoms with Crippen molar-refractivity contribution in [2.24, 2.45) is 0 Å². The lowest BCUT2D eigenvalue weighted by Crippen LogP contribution is -2.38. The van der Waals surface area contributed by atoms with Crippen LogP contribution < -0.4 is 15.0 Å². The van der Waals surface area contributed by atoms with E-state index in [-0.39, 0.29) is 18.3 Å². The van der Waals surface area contributed by atoms with Crippen molar-refractivity contribution in [1.82, 2.24) is 10.2 Å². The maximum absolute atomic E-state index is 13.2. The molecule has 206 valence electrons. The van der Waals surface area contributed by atoms with Gasteiger partial charge in [-0.1, -0.05) is 36.4 Å². The van der Waals surface area contributed by atoms with Crippen molar-refractivity contribution in [3.63, 3.8) is 0 Å². The summed E-state index contributed by atoms with van der Waals surface area (Å²) in [6.45, 7) is 6.55. The van der Waals surface area contributed by atoms with Crippen molar-refractivity contribution in [3.05, 3.63) is 94.8 Å². The Morgan fingerprint density at radius 1 is 0.846 bits per heavy atom. The third kappa shape index (κ3) is 8.02. The molecule has 1 saturated heterocycles. The third-order valence-corrected chi connectivity index (χ3v) is 7.02. The minimum atomic E-state index is -0.287. The zero-order valence-corrected chi connectivity index (χ0v) is 22.2. The topological polar surface area (TPSA) is 63.3 Å². The number of benzene rings is 3. The van der Waals surface area contributed by atoms with E-state index in [1.54, 1.807) is 12.1 Å². The molecule has 2 bridgehead atoms. The Bertz CT molecular complexity index is 1230. The summed E-state index contributed by atoms with van der Waals surface area (Å²) in [6, 6.07) is 21.1. The van der Waals surface area contributed by atoms with Crippen molar-refractivity contribution < 1.29 is 23.4 Å². The van der Waals surface area contributed by atoms with E-state index in [9.17, 15) is 9.18 Å². The van der Waals surface area contributed by atoms with Gasteiger partial charge in [-0.15, -0.1) is 0 Å². The van der Waals surface area contributed by atoms with Crippen LogP contribution in [0.1, 0.15) is 22.3 Å². The Morgan fingerprint density at radius 2 is 1.62 bits per heavy atom. The number of fused-ring (bicyclic) bond motifs is 3. The van der Waals surface area contributed by atoms with Crippen LogP contribution >= 0.6 is 0 Å². The molecule has 2 heterocycles. The molecule has 1 N–H and O–H groups in total. The first-order valence-electron chi connectivity index (χ1n) is 13.6. The van der Waals surface area contributed by atoms with Gasteiger partial charge in [0.05, 0.1) is 33.0 Å². The Balaban J connectivity index is 1.28. The number of rotatable bonds is 5.